The van der Waals surface area contributed by atoms with E-state index in [1.54, 1.807) is 0 Å². The first kappa shape index (κ1) is 13.4. The second-order valence-corrected chi connectivity index (χ2v) is 7.28. The number of benzene rings is 1. The maximum Gasteiger partial charge on any atom is 0.201 e. The number of hydrogen-bond acceptors (Lipinski definition) is 2. The van der Waals surface area contributed by atoms with Crippen LogP contribution in [0.15, 0.2) is 12.1 Å². The third kappa shape index (κ3) is 2.39. The SMILES string of the molecule is CC(C)(C)c1cc2c(c(C(C)(C)C)c1)CC(O)O2. The minimum atomic E-state index is -0.684. The highest BCUT2D eigenvalue weighted by atomic mass is 16.6. The van der Waals surface area contributed by atoms with Crippen molar-refractivity contribution < 1.29 is 9.84 Å². The lowest BCUT2D eigenvalue weighted by atomic mass is 9.78. The van der Waals surface area contributed by atoms with Gasteiger partial charge in [-0.15, -0.1) is 0 Å². The highest BCUT2D eigenvalue weighted by Crippen LogP contribution is 2.40. The summed E-state index contributed by atoms with van der Waals surface area (Å²) in [5, 5.41) is 9.71. The first-order valence-corrected chi connectivity index (χ1v) is 6.61. The van der Waals surface area contributed by atoms with Gasteiger partial charge in [0.25, 0.3) is 0 Å². The van der Waals surface area contributed by atoms with Crippen LogP contribution in [0.25, 0.3) is 0 Å². The van der Waals surface area contributed by atoms with Crippen molar-refractivity contribution in [3.05, 3.63) is 28.8 Å². The van der Waals surface area contributed by atoms with Crippen molar-refractivity contribution in [3.63, 3.8) is 0 Å². The van der Waals surface area contributed by atoms with Gasteiger partial charge in [-0.1, -0.05) is 47.6 Å². The van der Waals surface area contributed by atoms with Crippen LogP contribution in [0.4, 0.5) is 0 Å². The molecule has 0 radical (unpaired) electrons. The van der Waals surface area contributed by atoms with Gasteiger partial charge in [0.15, 0.2) is 0 Å². The van der Waals surface area contributed by atoms with Gasteiger partial charge in [0.1, 0.15) is 5.75 Å². The monoisotopic (exact) mass is 248 g/mol. The molecule has 1 unspecified atom stereocenters. The Balaban J connectivity index is 2.62. The molecule has 2 heteroatoms. The highest BCUT2D eigenvalue weighted by molar-refractivity contribution is 5.50. The molecule has 0 fully saturated rings. The first-order chi connectivity index (χ1) is 8.09. The van der Waals surface area contributed by atoms with Gasteiger partial charge in [-0.25, -0.2) is 0 Å². The standard InChI is InChI=1S/C16H24O2/c1-15(2,3)10-7-12(16(4,5)6)11-9-14(17)18-13(11)8-10/h7-8,14,17H,9H2,1-6H3. The quantitative estimate of drug-likeness (QED) is 0.761. The molecule has 1 heterocycles. The molecule has 1 aliphatic rings. The van der Waals surface area contributed by atoms with E-state index in [1.165, 1.54) is 16.7 Å². The lowest BCUT2D eigenvalue weighted by Gasteiger charge is -2.27. The molecule has 1 aromatic carbocycles. The molecule has 1 N–H and O–H groups in total. The van der Waals surface area contributed by atoms with Crippen LogP contribution >= 0.6 is 0 Å². The summed E-state index contributed by atoms with van der Waals surface area (Å²) in [6, 6.07) is 4.36. The predicted octanol–water partition coefficient (Wildman–Crippen LogP) is 3.53. The molecule has 0 bridgehead atoms. The van der Waals surface area contributed by atoms with Gasteiger partial charge in [0.2, 0.25) is 6.29 Å². The summed E-state index contributed by atoms with van der Waals surface area (Å²) in [6.07, 6.45) is -0.0804. The zero-order valence-electron chi connectivity index (χ0n) is 12.3. The molecule has 0 aliphatic carbocycles. The van der Waals surface area contributed by atoms with Gasteiger partial charge in [0.05, 0.1) is 0 Å². The van der Waals surface area contributed by atoms with E-state index in [0.717, 1.165) is 5.75 Å². The smallest absolute Gasteiger partial charge is 0.201 e. The number of ether oxygens (including phenoxy) is 1. The molecule has 2 rings (SSSR count). The van der Waals surface area contributed by atoms with Gasteiger partial charge in [-0.3, -0.25) is 0 Å². The van der Waals surface area contributed by atoms with E-state index >= 15 is 0 Å². The van der Waals surface area contributed by atoms with E-state index in [0.29, 0.717) is 6.42 Å². The van der Waals surface area contributed by atoms with Crippen LogP contribution in [0.3, 0.4) is 0 Å². The number of rotatable bonds is 0. The molecule has 1 aliphatic heterocycles. The Hall–Kier alpha value is -1.02. The Morgan fingerprint density at radius 3 is 2.17 bits per heavy atom. The van der Waals surface area contributed by atoms with E-state index in [-0.39, 0.29) is 10.8 Å². The fourth-order valence-electron chi connectivity index (χ4n) is 2.43. The second kappa shape index (κ2) is 3.99. The van der Waals surface area contributed by atoms with Gasteiger partial charge < -0.3 is 9.84 Å². The Morgan fingerprint density at radius 1 is 1.06 bits per heavy atom. The van der Waals surface area contributed by atoms with E-state index in [4.69, 9.17) is 4.74 Å². The van der Waals surface area contributed by atoms with Gasteiger partial charge in [0, 0.05) is 12.0 Å². The Labute approximate surface area is 110 Å². The summed E-state index contributed by atoms with van der Waals surface area (Å²) in [7, 11) is 0. The van der Waals surface area contributed by atoms with E-state index in [9.17, 15) is 5.11 Å². The Morgan fingerprint density at radius 2 is 1.67 bits per heavy atom. The summed E-state index contributed by atoms with van der Waals surface area (Å²) in [6.45, 7) is 13.2. The molecular formula is C16H24O2. The minimum absolute atomic E-state index is 0.0682. The molecule has 100 valence electrons. The first-order valence-electron chi connectivity index (χ1n) is 6.61. The van der Waals surface area contributed by atoms with Crippen LogP contribution in [0, 0.1) is 0 Å². The third-order valence-corrected chi connectivity index (χ3v) is 3.52. The summed E-state index contributed by atoms with van der Waals surface area (Å²) < 4.78 is 5.53. The van der Waals surface area contributed by atoms with Crippen molar-refractivity contribution in [1.29, 1.82) is 0 Å². The summed E-state index contributed by atoms with van der Waals surface area (Å²) in [5.41, 5.74) is 3.88. The van der Waals surface area contributed by atoms with Crippen molar-refractivity contribution >= 4 is 0 Å². The lowest BCUT2D eigenvalue weighted by Crippen LogP contribution is -2.18. The fourth-order valence-corrected chi connectivity index (χ4v) is 2.43. The molecule has 0 spiro atoms. The number of aliphatic hydroxyl groups is 1. The average Bonchev–Trinajstić information content (AvgIpc) is 2.52. The summed E-state index contributed by atoms with van der Waals surface area (Å²) in [4.78, 5) is 0. The Bertz CT molecular complexity index is 461. The highest BCUT2D eigenvalue weighted by Gasteiger charge is 2.30. The molecule has 18 heavy (non-hydrogen) atoms. The number of fused-ring (bicyclic) bond motifs is 1. The van der Waals surface area contributed by atoms with Crippen LogP contribution in [0.2, 0.25) is 0 Å². The van der Waals surface area contributed by atoms with Crippen LogP contribution in [0.5, 0.6) is 5.75 Å². The molecule has 0 aromatic heterocycles. The molecule has 1 atom stereocenters. The maximum absolute atomic E-state index is 9.71. The molecule has 0 saturated carbocycles. The van der Waals surface area contributed by atoms with Gasteiger partial charge in [-0.05, 0) is 28.0 Å². The van der Waals surface area contributed by atoms with Crippen molar-refractivity contribution in [2.24, 2.45) is 0 Å². The molecule has 2 nitrogen and oxygen atoms in total. The topological polar surface area (TPSA) is 29.5 Å². The van der Waals surface area contributed by atoms with E-state index in [1.807, 2.05) is 0 Å². The zero-order chi connectivity index (χ0) is 13.7. The number of hydrogen-bond donors (Lipinski definition) is 1. The zero-order valence-corrected chi connectivity index (χ0v) is 12.3. The van der Waals surface area contributed by atoms with E-state index in [2.05, 4.69) is 53.7 Å². The average molecular weight is 248 g/mol. The molecule has 1 aromatic rings. The van der Waals surface area contributed by atoms with E-state index < -0.39 is 6.29 Å². The summed E-state index contributed by atoms with van der Waals surface area (Å²) >= 11 is 0. The van der Waals surface area contributed by atoms with Crippen molar-refractivity contribution in [2.75, 3.05) is 0 Å². The van der Waals surface area contributed by atoms with Crippen molar-refractivity contribution in [3.8, 4) is 5.75 Å². The largest absolute Gasteiger partial charge is 0.464 e. The van der Waals surface area contributed by atoms with Gasteiger partial charge >= 0.3 is 0 Å². The lowest BCUT2D eigenvalue weighted by molar-refractivity contribution is 0.00206. The molecular weight excluding hydrogens is 224 g/mol. The van der Waals surface area contributed by atoms with Gasteiger partial charge in [-0.2, -0.15) is 0 Å². The predicted molar refractivity (Wildman–Crippen MR) is 74.2 cm³/mol. The molecule has 0 saturated heterocycles. The molecule has 0 amide bonds. The van der Waals surface area contributed by atoms with Crippen LogP contribution in [0.1, 0.15) is 58.2 Å². The van der Waals surface area contributed by atoms with Crippen LogP contribution in [-0.2, 0) is 17.3 Å². The van der Waals surface area contributed by atoms with Crippen LogP contribution < -0.4 is 4.74 Å². The maximum atomic E-state index is 9.71. The van der Waals surface area contributed by atoms with Crippen molar-refractivity contribution in [2.45, 2.75) is 65.1 Å². The Kier molecular flexibility index (Phi) is 2.97. The normalized spacial score (nSPS) is 19.6. The number of aliphatic hydroxyl groups excluding tert-OH is 1. The second-order valence-electron chi connectivity index (χ2n) is 7.28. The van der Waals surface area contributed by atoms with Crippen molar-refractivity contribution in [1.82, 2.24) is 0 Å². The minimum Gasteiger partial charge on any atom is -0.464 e. The third-order valence-electron chi connectivity index (χ3n) is 3.52. The van der Waals surface area contributed by atoms with Crippen LogP contribution in [-0.4, -0.2) is 11.4 Å². The summed E-state index contributed by atoms with van der Waals surface area (Å²) in [5.74, 6) is 0.861. The fraction of sp³-hybridized carbons (Fsp3) is 0.625.